The van der Waals surface area contributed by atoms with Gasteiger partial charge in [0.05, 0.1) is 10.4 Å². The minimum absolute atomic E-state index is 0.00942. The lowest BCUT2D eigenvalue weighted by atomic mass is 10.2. The van der Waals surface area contributed by atoms with Crippen molar-refractivity contribution in [2.75, 3.05) is 0 Å². The number of nitrogens with zero attached hydrogens (tertiary/aromatic N) is 5. The van der Waals surface area contributed by atoms with E-state index in [2.05, 4.69) is 5.10 Å². The number of aromatic nitrogens is 4. The van der Waals surface area contributed by atoms with Crippen molar-refractivity contribution in [2.45, 2.75) is 10.9 Å². The van der Waals surface area contributed by atoms with Crippen LogP contribution in [0.3, 0.4) is 0 Å². The highest BCUT2D eigenvalue weighted by Gasteiger charge is 2.16. The molecule has 31 heavy (non-hydrogen) atoms. The van der Waals surface area contributed by atoms with Crippen molar-refractivity contribution in [3.63, 3.8) is 0 Å². The number of benzene rings is 3. The van der Waals surface area contributed by atoms with Gasteiger partial charge in [-0.3, -0.25) is 10.1 Å². The first-order valence-electron chi connectivity index (χ1n) is 9.36. The molecule has 0 unspecified atom stereocenters. The molecule has 9 heteroatoms. The van der Waals surface area contributed by atoms with Crippen molar-refractivity contribution in [3.8, 4) is 11.4 Å². The third-order valence-corrected chi connectivity index (χ3v) is 5.77. The quantitative estimate of drug-likeness (QED) is 0.163. The molecule has 0 fully saturated rings. The number of non-ortho nitro benzene ring substituents is 1. The Morgan fingerprint density at radius 2 is 1.71 bits per heavy atom. The molecule has 0 amide bonds. The van der Waals surface area contributed by atoms with E-state index in [1.807, 2.05) is 24.3 Å². The van der Waals surface area contributed by atoms with Crippen molar-refractivity contribution in [1.29, 1.82) is 0 Å². The Morgan fingerprint density at radius 3 is 2.45 bits per heavy atom. The van der Waals surface area contributed by atoms with Crippen LogP contribution in [0.4, 0.5) is 10.1 Å². The summed E-state index contributed by atoms with van der Waals surface area (Å²) in [6, 6.07) is 20.1. The van der Waals surface area contributed by atoms with Crippen molar-refractivity contribution in [2.24, 2.45) is 0 Å². The first-order chi connectivity index (χ1) is 15.1. The third kappa shape index (κ3) is 3.71. The van der Waals surface area contributed by atoms with Gasteiger partial charge in [0, 0.05) is 28.8 Å². The molecule has 7 nitrogen and oxygen atoms in total. The van der Waals surface area contributed by atoms with Crippen LogP contribution in [-0.2, 0) is 5.75 Å². The van der Waals surface area contributed by atoms with Gasteiger partial charge in [-0.1, -0.05) is 36.0 Å². The zero-order valence-corrected chi connectivity index (χ0v) is 16.8. The predicted molar refractivity (Wildman–Crippen MR) is 116 cm³/mol. The van der Waals surface area contributed by atoms with E-state index < -0.39 is 4.92 Å². The summed E-state index contributed by atoms with van der Waals surface area (Å²) in [6.45, 7) is 0. The molecule has 2 aromatic heterocycles. The maximum atomic E-state index is 13.2. The van der Waals surface area contributed by atoms with Crippen LogP contribution < -0.4 is 0 Å². The Hall–Kier alpha value is -3.85. The van der Waals surface area contributed by atoms with Crippen LogP contribution in [0.2, 0.25) is 0 Å². The maximum Gasteiger partial charge on any atom is 0.269 e. The summed E-state index contributed by atoms with van der Waals surface area (Å²) in [5.41, 5.74) is 3.09. The number of fused-ring (bicyclic) bond motifs is 3. The smallest absolute Gasteiger partial charge is 0.258 e. The minimum atomic E-state index is -0.442. The van der Waals surface area contributed by atoms with Crippen LogP contribution in [0.15, 0.2) is 78.0 Å². The molecule has 0 aliphatic rings. The Bertz CT molecular complexity index is 1420. The summed E-state index contributed by atoms with van der Waals surface area (Å²) in [5, 5.41) is 17.1. The molecule has 0 spiro atoms. The molecular weight excluding hydrogens is 417 g/mol. The molecule has 152 valence electrons. The number of hydrogen-bond acceptors (Lipinski definition) is 6. The van der Waals surface area contributed by atoms with E-state index in [0.29, 0.717) is 27.9 Å². The van der Waals surface area contributed by atoms with Crippen molar-refractivity contribution in [1.82, 2.24) is 19.6 Å². The molecule has 3 aromatic carbocycles. The van der Waals surface area contributed by atoms with Gasteiger partial charge in [0.1, 0.15) is 5.82 Å². The fourth-order valence-corrected chi connectivity index (χ4v) is 4.11. The fraction of sp³-hybridized carbons (Fsp3) is 0.0455. The van der Waals surface area contributed by atoms with Crippen LogP contribution in [0.1, 0.15) is 5.56 Å². The Labute approximate surface area is 179 Å². The van der Waals surface area contributed by atoms with Gasteiger partial charge < -0.3 is 0 Å². The fourth-order valence-electron chi connectivity index (χ4n) is 3.21. The third-order valence-electron chi connectivity index (χ3n) is 4.77. The van der Waals surface area contributed by atoms with E-state index in [1.54, 1.807) is 28.8 Å². The van der Waals surface area contributed by atoms with E-state index >= 15 is 0 Å². The molecular formula is C22H14FN5O2S. The summed E-state index contributed by atoms with van der Waals surface area (Å²) in [7, 11) is 0. The average Bonchev–Trinajstić information content (AvgIpc) is 3.24. The molecule has 0 saturated heterocycles. The van der Waals surface area contributed by atoms with Gasteiger partial charge in [-0.15, -0.1) is 5.10 Å². The van der Waals surface area contributed by atoms with Crippen molar-refractivity contribution in [3.05, 3.63) is 94.3 Å². The van der Waals surface area contributed by atoms with Gasteiger partial charge in [-0.2, -0.15) is 4.52 Å². The molecule has 0 atom stereocenters. The van der Waals surface area contributed by atoms with E-state index in [0.717, 1.165) is 16.5 Å². The number of para-hydroxylation sites is 1. The number of nitro groups is 1. The highest BCUT2D eigenvalue weighted by Crippen LogP contribution is 2.28. The van der Waals surface area contributed by atoms with Gasteiger partial charge in [0.15, 0.2) is 16.6 Å². The topological polar surface area (TPSA) is 86.2 Å². The summed E-state index contributed by atoms with van der Waals surface area (Å²) < 4.78 is 14.9. The van der Waals surface area contributed by atoms with E-state index in [4.69, 9.17) is 9.97 Å². The average molecular weight is 431 g/mol. The lowest BCUT2D eigenvalue weighted by Gasteiger charge is -2.06. The van der Waals surface area contributed by atoms with Crippen LogP contribution in [0.5, 0.6) is 0 Å². The number of halogens is 1. The SMILES string of the molecule is O=[N+]([O-])c1ccc(-c2nc3c4ccccc4nc(SCc4ccc(F)cc4)n3n2)cc1. The van der Waals surface area contributed by atoms with Gasteiger partial charge in [0.25, 0.3) is 5.69 Å². The van der Waals surface area contributed by atoms with Crippen LogP contribution in [0, 0.1) is 15.9 Å². The van der Waals surface area contributed by atoms with E-state index in [9.17, 15) is 14.5 Å². The Kier molecular flexibility index (Phi) is 4.79. The highest BCUT2D eigenvalue weighted by atomic mass is 32.2. The molecule has 0 aliphatic heterocycles. The first kappa shape index (κ1) is 19.1. The van der Waals surface area contributed by atoms with Crippen LogP contribution >= 0.6 is 11.8 Å². The highest BCUT2D eigenvalue weighted by molar-refractivity contribution is 7.98. The summed E-state index contributed by atoms with van der Waals surface area (Å²) >= 11 is 1.48. The lowest BCUT2D eigenvalue weighted by molar-refractivity contribution is -0.384. The van der Waals surface area contributed by atoms with E-state index in [-0.39, 0.29) is 11.5 Å². The maximum absolute atomic E-state index is 13.2. The van der Waals surface area contributed by atoms with E-state index in [1.165, 1.54) is 36.0 Å². The molecule has 0 saturated carbocycles. The second-order valence-corrected chi connectivity index (χ2v) is 7.74. The van der Waals surface area contributed by atoms with Gasteiger partial charge >= 0.3 is 0 Å². The van der Waals surface area contributed by atoms with Gasteiger partial charge in [-0.05, 0) is 42.0 Å². The normalized spacial score (nSPS) is 11.3. The zero-order valence-electron chi connectivity index (χ0n) is 16.0. The second-order valence-electron chi connectivity index (χ2n) is 6.80. The van der Waals surface area contributed by atoms with Gasteiger partial charge in [-0.25, -0.2) is 14.4 Å². The first-order valence-corrected chi connectivity index (χ1v) is 10.3. The molecule has 5 rings (SSSR count). The number of rotatable bonds is 5. The lowest BCUT2D eigenvalue weighted by Crippen LogP contribution is -1.98. The Morgan fingerprint density at radius 1 is 0.968 bits per heavy atom. The summed E-state index contributed by atoms with van der Waals surface area (Å²) in [6.07, 6.45) is 0. The minimum Gasteiger partial charge on any atom is -0.258 e. The Balaban J connectivity index is 1.59. The predicted octanol–water partition coefficient (Wildman–Crippen LogP) is 5.28. The molecule has 0 radical (unpaired) electrons. The summed E-state index contributed by atoms with van der Waals surface area (Å²) in [4.78, 5) is 19.9. The molecule has 5 aromatic rings. The molecule has 0 N–H and O–H groups in total. The molecule has 0 aliphatic carbocycles. The molecule has 2 heterocycles. The number of hydrogen-bond donors (Lipinski definition) is 0. The van der Waals surface area contributed by atoms with Gasteiger partial charge in [0.2, 0.25) is 0 Å². The second kappa shape index (κ2) is 7.77. The standard InChI is InChI=1S/C22H14FN5O2S/c23-16-9-5-14(6-10-16)13-31-22-24-19-4-2-1-3-18(19)21-25-20(26-27(21)22)15-7-11-17(12-8-15)28(29)30/h1-12H,13H2. The number of thioether (sulfide) groups is 1. The van der Waals surface area contributed by atoms with Crippen molar-refractivity contribution >= 4 is 34.0 Å². The monoisotopic (exact) mass is 431 g/mol. The molecule has 0 bridgehead atoms. The van der Waals surface area contributed by atoms with Crippen molar-refractivity contribution < 1.29 is 9.31 Å². The summed E-state index contributed by atoms with van der Waals surface area (Å²) in [5.74, 6) is 0.772. The number of nitro benzene ring substituents is 1. The van der Waals surface area contributed by atoms with Crippen LogP contribution in [-0.4, -0.2) is 24.5 Å². The van der Waals surface area contributed by atoms with Crippen LogP contribution in [0.25, 0.3) is 27.9 Å². The zero-order chi connectivity index (χ0) is 21.4. The largest absolute Gasteiger partial charge is 0.269 e.